The third-order valence-corrected chi connectivity index (χ3v) is 14.3. The summed E-state index contributed by atoms with van der Waals surface area (Å²) in [6, 6.07) is 55.3. The molecular formula is C62H55N4O4+. The molecule has 0 bridgehead atoms. The first kappa shape index (κ1) is 46.8. The molecule has 8 nitrogen and oxygen atoms in total. The molecule has 0 amide bonds. The number of benzene rings is 7. The number of carboxylic acid groups (broad SMARTS) is 1. The number of fused-ring (bicyclic) bond motifs is 7. The zero-order valence-corrected chi connectivity index (χ0v) is 40.3. The van der Waals surface area contributed by atoms with Crippen LogP contribution in [-0.4, -0.2) is 47.5 Å². The van der Waals surface area contributed by atoms with Gasteiger partial charge in [-0.05, 0) is 127 Å². The van der Waals surface area contributed by atoms with E-state index in [9.17, 15) is 25.2 Å². The molecule has 9 rings (SSSR count). The van der Waals surface area contributed by atoms with Crippen LogP contribution >= 0.6 is 0 Å². The van der Waals surface area contributed by atoms with Crippen molar-refractivity contribution < 1.29 is 24.0 Å². The lowest BCUT2D eigenvalue weighted by Gasteiger charge is -2.35. The van der Waals surface area contributed by atoms with Gasteiger partial charge in [-0.3, -0.25) is 9.59 Å². The fourth-order valence-corrected chi connectivity index (χ4v) is 11.4. The third kappa shape index (κ3) is 8.48. The van der Waals surface area contributed by atoms with Crippen LogP contribution in [0.5, 0.6) is 0 Å². The van der Waals surface area contributed by atoms with Crippen molar-refractivity contribution >= 4 is 51.1 Å². The first-order valence-corrected chi connectivity index (χ1v) is 23.8. The van der Waals surface area contributed by atoms with Crippen molar-refractivity contribution in [2.45, 2.75) is 64.7 Å². The Morgan fingerprint density at radius 3 is 2.09 bits per heavy atom. The van der Waals surface area contributed by atoms with E-state index in [1.54, 1.807) is 6.08 Å². The van der Waals surface area contributed by atoms with Gasteiger partial charge in [0, 0.05) is 27.9 Å². The Morgan fingerprint density at radius 1 is 0.757 bits per heavy atom. The van der Waals surface area contributed by atoms with Gasteiger partial charge in [0.15, 0.2) is 12.3 Å². The quantitative estimate of drug-likeness (QED) is 0.0272. The van der Waals surface area contributed by atoms with Gasteiger partial charge < -0.3 is 14.7 Å². The highest BCUT2D eigenvalue weighted by atomic mass is 16.5. The molecule has 1 unspecified atom stereocenters. The van der Waals surface area contributed by atoms with Crippen LogP contribution in [0, 0.1) is 36.5 Å². The number of nitrogens with zero attached hydrogens (tertiary/aromatic N) is 4. The van der Waals surface area contributed by atoms with Gasteiger partial charge in [0.05, 0.1) is 34.6 Å². The molecule has 1 atom stereocenters. The maximum Gasteiger partial charge on any atom is 0.309 e. The van der Waals surface area contributed by atoms with Crippen molar-refractivity contribution in [2.75, 3.05) is 24.6 Å². The Morgan fingerprint density at radius 2 is 1.41 bits per heavy atom. The molecule has 0 saturated carbocycles. The van der Waals surface area contributed by atoms with Crippen molar-refractivity contribution in [3.05, 3.63) is 214 Å². The first-order chi connectivity index (χ1) is 33.9. The highest BCUT2D eigenvalue weighted by molar-refractivity contribution is 6.19. The second-order valence-corrected chi connectivity index (χ2v) is 19.1. The Balaban J connectivity index is 1.31. The minimum Gasteiger partial charge on any atom is -0.481 e. The minimum absolute atomic E-state index is 0.0634. The van der Waals surface area contributed by atoms with Gasteiger partial charge in [-0.15, -0.1) is 0 Å². The normalized spacial score (nSPS) is 17.0. The second-order valence-electron chi connectivity index (χ2n) is 19.1. The molecule has 0 radical (unpaired) electrons. The zero-order valence-electron chi connectivity index (χ0n) is 40.3. The van der Waals surface area contributed by atoms with Gasteiger partial charge in [-0.2, -0.15) is 15.1 Å². The Hall–Kier alpha value is -8.33. The largest absolute Gasteiger partial charge is 0.481 e. The molecule has 0 aliphatic carbocycles. The SMILES string of the molecule is C\C(=C/C(C#N)=C/C(C#N)=C1\N(CCOC=O)c2ccc(-c3ccccc3)cc2C1(Cc1ccc(C)cc1)Cc1ccccc1C)C1=[N+](CCC(=O)O)c2c(c3ccccc3c3ccccc23)C1(C)C. The fraction of sp³-hybridized carbons (Fsp3) is 0.210. The van der Waals surface area contributed by atoms with Gasteiger partial charge in [0.25, 0.3) is 6.47 Å². The molecule has 7 aromatic rings. The van der Waals surface area contributed by atoms with E-state index >= 15 is 0 Å². The molecule has 0 fully saturated rings. The average Bonchev–Trinajstić information content (AvgIpc) is 3.77. The lowest BCUT2D eigenvalue weighted by atomic mass is 9.68. The molecule has 8 heteroatoms. The highest BCUT2D eigenvalue weighted by Crippen LogP contribution is 2.55. The number of ether oxygens (including phenoxy) is 1. The second kappa shape index (κ2) is 19.3. The summed E-state index contributed by atoms with van der Waals surface area (Å²) in [7, 11) is 0. The van der Waals surface area contributed by atoms with E-state index in [2.05, 4.69) is 146 Å². The number of nitriles is 2. The van der Waals surface area contributed by atoms with Crippen LogP contribution in [0.3, 0.4) is 0 Å². The molecule has 1 N–H and O–H groups in total. The van der Waals surface area contributed by atoms with Crippen LogP contribution in [0.25, 0.3) is 32.7 Å². The van der Waals surface area contributed by atoms with E-state index in [4.69, 9.17) is 4.74 Å². The van der Waals surface area contributed by atoms with Crippen molar-refractivity contribution in [1.82, 2.24) is 0 Å². The van der Waals surface area contributed by atoms with Gasteiger partial charge in [0.2, 0.25) is 5.69 Å². The van der Waals surface area contributed by atoms with E-state index in [1.165, 1.54) is 0 Å². The molecule has 346 valence electrons. The van der Waals surface area contributed by atoms with Crippen LogP contribution in [-0.2, 0) is 38.0 Å². The van der Waals surface area contributed by atoms with E-state index in [-0.39, 0.29) is 31.7 Å². The van der Waals surface area contributed by atoms with Crippen molar-refractivity contribution in [2.24, 2.45) is 0 Å². The van der Waals surface area contributed by atoms with E-state index in [0.717, 1.165) is 94.4 Å². The summed E-state index contributed by atoms with van der Waals surface area (Å²) in [6.45, 7) is 11.5. The number of carboxylic acids is 1. The summed E-state index contributed by atoms with van der Waals surface area (Å²) in [5, 5.41) is 37.2. The molecule has 2 heterocycles. The number of carbonyl (C=O) groups is 2. The van der Waals surface area contributed by atoms with E-state index in [0.29, 0.717) is 24.9 Å². The molecule has 2 aliphatic rings. The molecule has 0 aromatic heterocycles. The fourth-order valence-electron chi connectivity index (χ4n) is 11.4. The number of hydrogen-bond acceptors (Lipinski definition) is 6. The van der Waals surface area contributed by atoms with Crippen LogP contribution in [0.15, 0.2) is 180 Å². The van der Waals surface area contributed by atoms with E-state index in [1.807, 2.05) is 61.5 Å². The number of hydrogen-bond donors (Lipinski definition) is 1. The lowest BCUT2D eigenvalue weighted by molar-refractivity contribution is -0.435. The molecular weight excluding hydrogens is 865 g/mol. The summed E-state index contributed by atoms with van der Waals surface area (Å²) in [5.74, 6) is -0.906. The van der Waals surface area contributed by atoms with Gasteiger partial charge in [-0.25, -0.2) is 0 Å². The molecule has 0 spiro atoms. The number of rotatable bonds is 15. The monoisotopic (exact) mass is 919 g/mol. The van der Waals surface area contributed by atoms with Crippen molar-refractivity contribution in [3.63, 3.8) is 0 Å². The number of aryl methyl sites for hydroxylation is 2. The van der Waals surface area contributed by atoms with Crippen molar-refractivity contribution in [1.29, 1.82) is 10.5 Å². The van der Waals surface area contributed by atoms with Crippen molar-refractivity contribution in [3.8, 4) is 23.3 Å². The van der Waals surface area contributed by atoms with Gasteiger partial charge >= 0.3 is 5.97 Å². The summed E-state index contributed by atoms with van der Waals surface area (Å²) in [5.41, 5.74) is 12.0. The Bertz CT molecular complexity index is 3440. The highest BCUT2D eigenvalue weighted by Gasteiger charge is 2.50. The molecule has 70 heavy (non-hydrogen) atoms. The molecule has 0 saturated heterocycles. The molecule has 2 aliphatic heterocycles. The first-order valence-electron chi connectivity index (χ1n) is 23.8. The predicted octanol–water partition coefficient (Wildman–Crippen LogP) is 12.7. The standard InChI is InChI=1S/C62H54N4O4/c1-41-23-25-44(26-24-41)36-62(37-48-18-10-9-15-42(48)2)54-35-47(46-16-7-6-8-17-46)27-28-55(54)65(31-32-70-40-67)60(62)49(39-64)34-45(38-63)33-43(3)59-61(4,5)57-52-21-13-11-19-50(52)51-20-12-14-22-53(51)58(57)66(59)30-29-56(68)69/h6-28,33-35,40H,29-32,36-37H2,1-5H3/p+1. The smallest absolute Gasteiger partial charge is 0.309 e. The maximum absolute atomic E-state index is 12.3. The molecule has 7 aromatic carbocycles. The minimum atomic E-state index is -0.906. The lowest BCUT2D eigenvalue weighted by Crippen LogP contribution is -2.38. The number of allylic oxidation sites excluding steroid dienone is 6. The average molecular weight is 920 g/mol. The van der Waals surface area contributed by atoms with Gasteiger partial charge in [-0.1, -0.05) is 133 Å². The number of anilines is 1. The zero-order chi connectivity index (χ0) is 49.2. The van der Waals surface area contributed by atoms with Crippen LogP contribution in [0.2, 0.25) is 0 Å². The van der Waals surface area contributed by atoms with Crippen LogP contribution in [0.1, 0.15) is 60.6 Å². The van der Waals surface area contributed by atoms with Gasteiger partial charge in [0.1, 0.15) is 19.1 Å². The third-order valence-electron chi connectivity index (χ3n) is 14.3. The Labute approximate surface area is 410 Å². The Kier molecular flexibility index (Phi) is 12.9. The predicted molar refractivity (Wildman–Crippen MR) is 279 cm³/mol. The number of carbonyl (C=O) groups excluding carboxylic acids is 1. The topological polar surface area (TPSA) is 117 Å². The maximum atomic E-state index is 12.3. The summed E-state index contributed by atoms with van der Waals surface area (Å²) in [6.07, 6.45) is 4.50. The van der Waals surface area contributed by atoms with Crippen LogP contribution in [0.4, 0.5) is 11.4 Å². The van der Waals surface area contributed by atoms with E-state index < -0.39 is 16.8 Å². The van der Waals surface area contributed by atoms with Crippen LogP contribution < -0.4 is 4.90 Å². The summed E-state index contributed by atoms with van der Waals surface area (Å²) < 4.78 is 7.55. The summed E-state index contributed by atoms with van der Waals surface area (Å²) >= 11 is 0. The number of aliphatic carboxylic acids is 1. The summed E-state index contributed by atoms with van der Waals surface area (Å²) in [4.78, 5) is 26.2.